The lowest BCUT2D eigenvalue weighted by Crippen LogP contribution is -2.33. The van der Waals surface area contributed by atoms with Crippen molar-refractivity contribution in [2.45, 2.75) is 31.6 Å². The van der Waals surface area contributed by atoms with Gasteiger partial charge in [-0.1, -0.05) is 19.1 Å². The van der Waals surface area contributed by atoms with Gasteiger partial charge in [0.1, 0.15) is 29.4 Å². The Bertz CT molecular complexity index is 1510. The molecule has 39 heavy (non-hydrogen) atoms. The number of aromatic nitrogens is 2. The molecule has 4 aromatic rings. The van der Waals surface area contributed by atoms with E-state index in [2.05, 4.69) is 10.3 Å². The van der Waals surface area contributed by atoms with Crippen molar-refractivity contribution in [3.8, 4) is 28.4 Å². The van der Waals surface area contributed by atoms with Crippen molar-refractivity contribution in [2.24, 2.45) is 7.05 Å². The molecule has 2 aromatic heterocycles. The van der Waals surface area contributed by atoms with Gasteiger partial charge >= 0.3 is 0 Å². The lowest BCUT2D eigenvalue weighted by atomic mass is 10.0. The predicted molar refractivity (Wildman–Crippen MR) is 155 cm³/mol. The maximum Gasteiger partial charge on any atom is 0.274 e. The second-order valence-electron chi connectivity index (χ2n) is 9.67. The number of piperidine rings is 1. The maximum absolute atomic E-state index is 12.7. The SMILES string of the molecule is CCS(=O)Cc1ccc(Oc2cccc(OCCOC3CCNCC3)c2)c(-c2cn(C)c(=O)c3[nH]ccc23)c1. The fourth-order valence-corrected chi connectivity index (χ4v) is 5.58. The molecular weight excluding hydrogens is 514 g/mol. The van der Waals surface area contributed by atoms with Gasteiger partial charge in [0.15, 0.2) is 0 Å². The summed E-state index contributed by atoms with van der Waals surface area (Å²) in [5.74, 6) is 3.01. The molecule has 1 saturated heterocycles. The molecule has 8 nitrogen and oxygen atoms in total. The van der Waals surface area contributed by atoms with E-state index < -0.39 is 10.8 Å². The van der Waals surface area contributed by atoms with E-state index in [-0.39, 0.29) is 5.56 Å². The van der Waals surface area contributed by atoms with Gasteiger partial charge in [-0.2, -0.15) is 0 Å². The molecule has 0 bridgehead atoms. The van der Waals surface area contributed by atoms with Crippen LogP contribution in [-0.2, 0) is 28.3 Å². The minimum absolute atomic E-state index is 0.0987. The zero-order valence-electron chi connectivity index (χ0n) is 22.4. The normalized spacial score (nSPS) is 14.9. The van der Waals surface area contributed by atoms with Crippen LogP contribution in [0.2, 0.25) is 0 Å². The number of hydrogen-bond donors (Lipinski definition) is 2. The second-order valence-corrected chi connectivity index (χ2v) is 11.4. The average Bonchev–Trinajstić information content (AvgIpc) is 3.45. The summed E-state index contributed by atoms with van der Waals surface area (Å²) >= 11 is 0. The lowest BCUT2D eigenvalue weighted by Gasteiger charge is -2.22. The van der Waals surface area contributed by atoms with E-state index in [0.717, 1.165) is 48.0 Å². The van der Waals surface area contributed by atoms with E-state index in [1.807, 2.05) is 61.7 Å². The van der Waals surface area contributed by atoms with Gasteiger partial charge < -0.3 is 29.1 Å². The fourth-order valence-electron chi connectivity index (χ4n) is 4.83. The second kappa shape index (κ2) is 12.6. The van der Waals surface area contributed by atoms with Crippen molar-refractivity contribution in [3.05, 3.63) is 76.8 Å². The molecule has 1 aliphatic rings. The van der Waals surface area contributed by atoms with Crippen molar-refractivity contribution in [1.29, 1.82) is 0 Å². The highest BCUT2D eigenvalue weighted by Gasteiger charge is 2.17. The molecule has 9 heteroatoms. The topological polar surface area (TPSA) is 94.6 Å². The molecule has 3 heterocycles. The molecule has 0 aliphatic carbocycles. The highest BCUT2D eigenvalue weighted by Crippen LogP contribution is 2.38. The van der Waals surface area contributed by atoms with Crippen molar-refractivity contribution >= 4 is 21.7 Å². The first-order valence-corrected chi connectivity index (χ1v) is 14.9. The maximum atomic E-state index is 12.7. The van der Waals surface area contributed by atoms with Gasteiger partial charge in [0.05, 0.1) is 12.7 Å². The Morgan fingerprint density at radius 2 is 1.85 bits per heavy atom. The van der Waals surface area contributed by atoms with Crippen molar-refractivity contribution in [3.63, 3.8) is 0 Å². The number of fused-ring (bicyclic) bond motifs is 1. The molecule has 5 rings (SSSR count). The summed E-state index contributed by atoms with van der Waals surface area (Å²) in [4.78, 5) is 15.7. The Balaban J connectivity index is 1.39. The molecule has 1 atom stereocenters. The van der Waals surface area contributed by atoms with Gasteiger partial charge in [0.2, 0.25) is 0 Å². The number of ether oxygens (including phenoxy) is 3. The third-order valence-electron chi connectivity index (χ3n) is 6.90. The first kappa shape index (κ1) is 27.2. The van der Waals surface area contributed by atoms with E-state index in [1.165, 1.54) is 0 Å². The quantitative estimate of drug-likeness (QED) is 0.263. The molecule has 0 radical (unpaired) electrons. The fraction of sp³-hybridized carbons (Fsp3) is 0.367. The number of hydrogen-bond acceptors (Lipinski definition) is 6. The van der Waals surface area contributed by atoms with Crippen LogP contribution in [-0.4, -0.2) is 51.9 Å². The number of aryl methyl sites for hydroxylation is 1. The molecule has 1 unspecified atom stereocenters. The minimum Gasteiger partial charge on any atom is -0.491 e. The summed E-state index contributed by atoms with van der Waals surface area (Å²) in [6.07, 6.45) is 5.95. The van der Waals surface area contributed by atoms with Crippen molar-refractivity contribution in [2.75, 3.05) is 32.1 Å². The number of H-pyrrole nitrogens is 1. The number of aromatic amines is 1. The van der Waals surface area contributed by atoms with Gasteiger partial charge in [0.25, 0.3) is 5.56 Å². The summed E-state index contributed by atoms with van der Waals surface area (Å²) in [5, 5.41) is 4.15. The van der Waals surface area contributed by atoms with E-state index in [0.29, 0.717) is 53.6 Å². The third kappa shape index (κ3) is 6.61. The van der Waals surface area contributed by atoms with Crippen LogP contribution in [0.1, 0.15) is 25.3 Å². The smallest absolute Gasteiger partial charge is 0.274 e. The lowest BCUT2D eigenvalue weighted by molar-refractivity contribution is 0.0168. The standard InChI is InChI=1S/C30H35N3O5S/c1-3-39(35)20-21-7-8-28(26(17-21)27-19-33(2)30(34)29-25(27)11-14-32-29)38-24-6-4-5-23(18-24)37-16-15-36-22-9-12-31-13-10-22/h4-8,11,14,17-19,22,31-32H,3,9-10,12-13,15-16,20H2,1-2H3. The zero-order chi connectivity index (χ0) is 27.2. The molecule has 0 saturated carbocycles. The van der Waals surface area contributed by atoms with E-state index in [4.69, 9.17) is 14.2 Å². The zero-order valence-corrected chi connectivity index (χ0v) is 23.2. The molecule has 0 spiro atoms. The molecular formula is C30H35N3O5S. The molecule has 1 aliphatic heterocycles. The van der Waals surface area contributed by atoms with Gasteiger partial charge in [-0.3, -0.25) is 9.00 Å². The largest absolute Gasteiger partial charge is 0.491 e. The number of nitrogens with zero attached hydrogens (tertiary/aromatic N) is 1. The summed E-state index contributed by atoms with van der Waals surface area (Å²) in [6.45, 7) is 4.92. The Kier molecular flexibility index (Phi) is 8.81. The summed E-state index contributed by atoms with van der Waals surface area (Å²) in [7, 11) is 0.778. The number of pyridine rings is 1. The first-order valence-electron chi connectivity index (χ1n) is 13.4. The summed E-state index contributed by atoms with van der Waals surface area (Å²) in [5.41, 5.74) is 3.06. The Morgan fingerprint density at radius 1 is 1.03 bits per heavy atom. The van der Waals surface area contributed by atoms with Crippen LogP contribution in [0.4, 0.5) is 0 Å². The van der Waals surface area contributed by atoms with Gasteiger partial charge in [0, 0.05) is 64.3 Å². The van der Waals surface area contributed by atoms with E-state index >= 15 is 0 Å². The predicted octanol–water partition coefficient (Wildman–Crippen LogP) is 4.74. The summed E-state index contributed by atoms with van der Waals surface area (Å²) in [6, 6.07) is 15.3. The molecule has 2 N–H and O–H groups in total. The molecule has 1 fully saturated rings. The third-order valence-corrected chi connectivity index (χ3v) is 8.20. The van der Waals surface area contributed by atoms with Crippen molar-refractivity contribution < 1.29 is 18.4 Å². The van der Waals surface area contributed by atoms with E-state index in [9.17, 15) is 9.00 Å². The van der Waals surface area contributed by atoms with Crippen LogP contribution in [0.5, 0.6) is 17.2 Å². The van der Waals surface area contributed by atoms with Crippen molar-refractivity contribution in [1.82, 2.24) is 14.9 Å². The van der Waals surface area contributed by atoms with Crippen LogP contribution >= 0.6 is 0 Å². The van der Waals surface area contributed by atoms with Crippen LogP contribution in [0.15, 0.2) is 65.7 Å². The van der Waals surface area contributed by atoms with Gasteiger partial charge in [-0.15, -0.1) is 0 Å². The van der Waals surface area contributed by atoms with Crippen LogP contribution in [0, 0.1) is 0 Å². The van der Waals surface area contributed by atoms with Gasteiger partial charge in [-0.05, 0) is 61.8 Å². The Labute approximate surface area is 230 Å². The highest BCUT2D eigenvalue weighted by atomic mass is 32.2. The highest BCUT2D eigenvalue weighted by molar-refractivity contribution is 7.84. The van der Waals surface area contributed by atoms with Gasteiger partial charge in [-0.25, -0.2) is 0 Å². The number of rotatable bonds is 11. The van der Waals surface area contributed by atoms with E-state index in [1.54, 1.807) is 17.8 Å². The number of benzene rings is 2. The van der Waals surface area contributed by atoms with Crippen LogP contribution < -0.4 is 20.3 Å². The average molecular weight is 550 g/mol. The Hall–Kier alpha value is -3.40. The van der Waals surface area contributed by atoms with Crippen LogP contribution in [0.3, 0.4) is 0 Å². The van der Waals surface area contributed by atoms with Crippen LogP contribution in [0.25, 0.3) is 22.0 Å². The molecule has 0 amide bonds. The minimum atomic E-state index is -0.956. The monoisotopic (exact) mass is 549 g/mol. The molecule has 206 valence electrons. The Morgan fingerprint density at radius 3 is 2.67 bits per heavy atom. The molecule has 2 aromatic carbocycles. The summed E-state index contributed by atoms with van der Waals surface area (Å²) < 4.78 is 32.2. The number of nitrogens with one attached hydrogen (secondary N) is 2. The first-order chi connectivity index (χ1) is 19.0.